The third-order valence-corrected chi connectivity index (χ3v) is 3.13. The smallest absolute Gasteiger partial charge is 0.243 e. The van der Waals surface area contributed by atoms with Crippen molar-refractivity contribution in [2.24, 2.45) is 11.7 Å². The lowest BCUT2D eigenvalue weighted by atomic mass is 10.0. The first-order valence-electron chi connectivity index (χ1n) is 6.71. The van der Waals surface area contributed by atoms with Crippen LogP contribution in [-0.2, 0) is 0 Å². The summed E-state index contributed by atoms with van der Waals surface area (Å²) in [5.74, 6) is 1.97. The highest BCUT2D eigenvalue weighted by Gasteiger charge is 2.18. The molecule has 0 amide bonds. The molecule has 5 nitrogen and oxygen atoms in total. The zero-order chi connectivity index (χ0) is 14.1. The molecule has 0 aliphatic rings. The maximum atomic E-state index is 6.04. The van der Waals surface area contributed by atoms with E-state index < -0.39 is 0 Å². The first-order chi connectivity index (χ1) is 9.63. The van der Waals surface area contributed by atoms with Crippen LogP contribution in [0.25, 0.3) is 22.6 Å². The topological polar surface area (TPSA) is 78.1 Å². The summed E-state index contributed by atoms with van der Waals surface area (Å²) in [4.78, 5) is 4.33. The minimum Gasteiger partial charge on any atom is -0.453 e. The van der Waals surface area contributed by atoms with Crippen LogP contribution in [0.2, 0.25) is 0 Å². The van der Waals surface area contributed by atoms with Crippen molar-refractivity contribution in [2.75, 3.05) is 0 Å². The van der Waals surface area contributed by atoms with Gasteiger partial charge in [0.1, 0.15) is 5.58 Å². The molecule has 0 saturated carbocycles. The Morgan fingerprint density at radius 3 is 2.80 bits per heavy atom. The fourth-order valence-corrected chi connectivity index (χ4v) is 2.19. The Morgan fingerprint density at radius 2 is 2.05 bits per heavy atom. The highest BCUT2D eigenvalue weighted by Crippen LogP contribution is 2.27. The van der Waals surface area contributed by atoms with Gasteiger partial charge in [-0.3, -0.25) is 0 Å². The summed E-state index contributed by atoms with van der Waals surface area (Å²) in [6.07, 6.45) is 0.807. The lowest BCUT2D eigenvalue weighted by Crippen LogP contribution is -2.13. The van der Waals surface area contributed by atoms with Gasteiger partial charge in [-0.15, -0.1) is 0 Å². The van der Waals surface area contributed by atoms with Crippen molar-refractivity contribution in [1.29, 1.82) is 0 Å². The van der Waals surface area contributed by atoms with Crippen molar-refractivity contribution < 1.29 is 8.94 Å². The van der Waals surface area contributed by atoms with E-state index in [1.54, 1.807) is 0 Å². The van der Waals surface area contributed by atoms with E-state index in [4.69, 9.17) is 14.7 Å². The number of benzene rings is 1. The largest absolute Gasteiger partial charge is 0.453 e. The Balaban J connectivity index is 1.89. The van der Waals surface area contributed by atoms with Crippen molar-refractivity contribution in [2.45, 2.75) is 26.3 Å². The van der Waals surface area contributed by atoms with E-state index in [1.165, 1.54) is 0 Å². The minimum absolute atomic E-state index is 0.236. The fraction of sp³-hybridized carbons (Fsp3) is 0.333. The Hall–Kier alpha value is -2.14. The van der Waals surface area contributed by atoms with Crippen LogP contribution in [0.1, 0.15) is 32.2 Å². The van der Waals surface area contributed by atoms with Crippen LogP contribution in [0.15, 0.2) is 39.3 Å². The van der Waals surface area contributed by atoms with Crippen LogP contribution in [-0.4, -0.2) is 10.1 Å². The van der Waals surface area contributed by atoms with Crippen molar-refractivity contribution >= 4 is 11.0 Å². The Morgan fingerprint density at radius 1 is 1.25 bits per heavy atom. The molecule has 3 rings (SSSR count). The van der Waals surface area contributed by atoms with Crippen LogP contribution in [0.5, 0.6) is 0 Å². The number of aromatic nitrogens is 2. The molecule has 5 heteroatoms. The van der Waals surface area contributed by atoms with Gasteiger partial charge in [0, 0.05) is 5.39 Å². The monoisotopic (exact) mass is 271 g/mol. The normalized spacial score (nSPS) is 13.2. The number of furan rings is 1. The second kappa shape index (κ2) is 5.09. The second-order valence-electron chi connectivity index (χ2n) is 5.34. The summed E-state index contributed by atoms with van der Waals surface area (Å²) in [5.41, 5.74) is 6.84. The van der Waals surface area contributed by atoms with Crippen molar-refractivity contribution in [1.82, 2.24) is 10.1 Å². The van der Waals surface area contributed by atoms with Gasteiger partial charge in [-0.25, -0.2) is 0 Å². The Labute approximate surface area is 116 Å². The molecule has 0 bridgehead atoms. The zero-order valence-electron chi connectivity index (χ0n) is 11.5. The van der Waals surface area contributed by atoms with Crippen LogP contribution in [0, 0.1) is 5.92 Å². The molecule has 0 aliphatic carbocycles. The molecule has 1 aromatic carbocycles. The molecular weight excluding hydrogens is 254 g/mol. The number of para-hydroxylation sites is 1. The maximum Gasteiger partial charge on any atom is 0.243 e. The van der Waals surface area contributed by atoms with Crippen LogP contribution >= 0.6 is 0 Å². The maximum absolute atomic E-state index is 6.04. The summed E-state index contributed by atoms with van der Waals surface area (Å²) in [6, 6.07) is 9.44. The summed E-state index contributed by atoms with van der Waals surface area (Å²) in [5, 5.41) is 4.96. The molecule has 104 valence electrons. The number of rotatable bonds is 4. The van der Waals surface area contributed by atoms with Gasteiger partial charge in [0.25, 0.3) is 0 Å². The summed E-state index contributed by atoms with van der Waals surface area (Å²) in [6.45, 7) is 4.22. The van der Waals surface area contributed by atoms with E-state index in [0.29, 0.717) is 23.4 Å². The van der Waals surface area contributed by atoms with Gasteiger partial charge in [-0.1, -0.05) is 37.2 Å². The van der Waals surface area contributed by atoms with Gasteiger partial charge >= 0.3 is 0 Å². The number of hydrogen-bond acceptors (Lipinski definition) is 5. The van der Waals surface area contributed by atoms with Crippen LogP contribution in [0.4, 0.5) is 0 Å². The summed E-state index contributed by atoms with van der Waals surface area (Å²) >= 11 is 0. The standard InChI is InChI=1S/C15H17N3O2/c1-9(2)7-11(16)15-17-14(18-20-15)13-8-10-5-3-4-6-12(10)19-13/h3-6,8-9,11H,7,16H2,1-2H3. The molecule has 0 saturated heterocycles. The molecule has 1 unspecified atom stereocenters. The predicted octanol–water partition coefficient (Wildman–Crippen LogP) is 3.53. The van der Waals surface area contributed by atoms with Crippen molar-refractivity contribution in [3.63, 3.8) is 0 Å². The fourth-order valence-electron chi connectivity index (χ4n) is 2.19. The van der Waals surface area contributed by atoms with E-state index >= 15 is 0 Å². The quantitative estimate of drug-likeness (QED) is 0.785. The van der Waals surface area contributed by atoms with Crippen LogP contribution in [0.3, 0.4) is 0 Å². The molecule has 1 atom stereocenters. The zero-order valence-corrected chi connectivity index (χ0v) is 11.5. The molecular formula is C15H17N3O2. The number of nitrogens with two attached hydrogens (primary N) is 1. The molecule has 2 heterocycles. The van der Waals surface area contributed by atoms with Crippen LogP contribution < -0.4 is 5.73 Å². The molecule has 20 heavy (non-hydrogen) atoms. The third kappa shape index (κ3) is 2.44. The number of fused-ring (bicyclic) bond motifs is 1. The molecule has 3 aromatic rings. The van der Waals surface area contributed by atoms with Crippen molar-refractivity contribution in [3.05, 3.63) is 36.2 Å². The number of hydrogen-bond donors (Lipinski definition) is 1. The lowest BCUT2D eigenvalue weighted by molar-refractivity contribution is 0.335. The minimum atomic E-state index is -0.236. The summed E-state index contributed by atoms with van der Waals surface area (Å²) in [7, 11) is 0. The molecule has 0 aliphatic heterocycles. The first kappa shape index (κ1) is 12.9. The molecule has 0 fully saturated rings. The third-order valence-electron chi connectivity index (χ3n) is 3.13. The molecule has 2 aromatic heterocycles. The van der Waals surface area contributed by atoms with Gasteiger partial charge in [0.05, 0.1) is 6.04 Å². The van der Waals surface area contributed by atoms with Gasteiger partial charge in [0.15, 0.2) is 5.76 Å². The van der Waals surface area contributed by atoms with Gasteiger partial charge in [-0.2, -0.15) is 4.98 Å². The Kier molecular flexibility index (Phi) is 3.28. The number of nitrogens with zero attached hydrogens (tertiary/aromatic N) is 2. The summed E-state index contributed by atoms with van der Waals surface area (Å²) < 4.78 is 10.9. The van der Waals surface area contributed by atoms with Gasteiger partial charge in [0.2, 0.25) is 11.7 Å². The van der Waals surface area contributed by atoms with E-state index in [0.717, 1.165) is 17.4 Å². The molecule has 0 spiro atoms. The lowest BCUT2D eigenvalue weighted by Gasteiger charge is -2.08. The predicted molar refractivity (Wildman–Crippen MR) is 75.9 cm³/mol. The first-order valence-corrected chi connectivity index (χ1v) is 6.71. The highest BCUT2D eigenvalue weighted by atomic mass is 16.5. The average molecular weight is 271 g/mol. The average Bonchev–Trinajstić information content (AvgIpc) is 3.04. The molecule has 0 radical (unpaired) electrons. The SMILES string of the molecule is CC(C)CC(N)c1nc(-c2cc3ccccc3o2)no1. The van der Waals surface area contributed by atoms with E-state index in [1.807, 2.05) is 30.3 Å². The van der Waals surface area contributed by atoms with E-state index in [2.05, 4.69) is 24.0 Å². The highest BCUT2D eigenvalue weighted by molar-refractivity contribution is 5.81. The second-order valence-corrected chi connectivity index (χ2v) is 5.34. The van der Waals surface area contributed by atoms with E-state index in [-0.39, 0.29) is 6.04 Å². The van der Waals surface area contributed by atoms with Crippen molar-refractivity contribution in [3.8, 4) is 11.6 Å². The Bertz CT molecular complexity index is 682. The van der Waals surface area contributed by atoms with Gasteiger partial charge < -0.3 is 14.7 Å². The molecule has 2 N–H and O–H groups in total. The van der Waals surface area contributed by atoms with Gasteiger partial charge in [-0.05, 0) is 24.5 Å². The van der Waals surface area contributed by atoms with E-state index in [9.17, 15) is 0 Å².